The molecule has 0 fully saturated rings. The van der Waals surface area contributed by atoms with E-state index in [0.29, 0.717) is 0 Å². The summed E-state index contributed by atoms with van der Waals surface area (Å²) in [4.78, 5) is 10.2. The fraction of sp³-hybridized carbons (Fsp3) is 0.750. The summed E-state index contributed by atoms with van der Waals surface area (Å²) in [6, 6.07) is 0. The monoisotopic (exact) mass is 150 g/mol. The van der Waals surface area contributed by atoms with Crippen molar-refractivity contribution in [2.75, 3.05) is 13.4 Å². The molecule has 4 nitrogen and oxygen atoms in total. The van der Waals surface area contributed by atoms with Crippen molar-refractivity contribution < 1.29 is 13.9 Å². The maximum absolute atomic E-state index is 10.4. The molecular weight excluding hydrogens is 141 g/mol. The Morgan fingerprint density at radius 3 is 2.67 bits per heavy atom. The van der Waals surface area contributed by atoms with Gasteiger partial charge >= 0.3 is 8.03 Å². The first-order valence-electron chi connectivity index (χ1n) is 2.40. The SMILES string of the molecule is CO[P+](=O)CNC(C)=O. The third kappa shape index (κ3) is 5.40. The van der Waals surface area contributed by atoms with Gasteiger partial charge in [-0.05, 0) is 4.57 Å². The summed E-state index contributed by atoms with van der Waals surface area (Å²) >= 11 is 0. The number of hydrogen-bond acceptors (Lipinski definition) is 3. The summed E-state index contributed by atoms with van der Waals surface area (Å²) in [6.07, 6.45) is 0.0984. The van der Waals surface area contributed by atoms with Crippen molar-refractivity contribution in [2.24, 2.45) is 0 Å². The van der Waals surface area contributed by atoms with Crippen LogP contribution in [-0.4, -0.2) is 19.3 Å². The molecule has 0 spiro atoms. The Labute approximate surface area is 54.5 Å². The van der Waals surface area contributed by atoms with E-state index in [0.717, 1.165) is 0 Å². The smallest absolute Gasteiger partial charge is 0.313 e. The summed E-state index contributed by atoms with van der Waals surface area (Å²) < 4.78 is 14.8. The average molecular weight is 150 g/mol. The Kier molecular flexibility index (Phi) is 4.18. The van der Waals surface area contributed by atoms with Gasteiger partial charge in [0.1, 0.15) is 0 Å². The third-order valence-electron chi connectivity index (χ3n) is 0.661. The minimum Gasteiger partial charge on any atom is -0.313 e. The number of carbonyl (C=O) groups excluding carboxylic acids is 1. The van der Waals surface area contributed by atoms with Crippen LogP contribution in [0.5, 0.6) is 0 Å². The number of carbonyl (C=O) groups is 1. The summed E-state index contributed by atoms with van der Waals surface area (Å²) in [7, 11) is -0.359. The minimum atomic E-state index is -1.69. The number of hydrogen-bond donors (Lipinski definition) is 1. The van der Waals surface area contributed by atoms with Crippen molar-refractivity contribution in [2.45, 2.75) is 6.92 Å². The zero-order valence-corrected chi connectivity index (χ0v) is 6.27. The molecule has 0 aromatic rings. The molecule has 0 aliphatic carbocycles. The molecule has 0 saturated heterocycles. The van der Waals surface area contributed by atoms with Crippen molar-refractivity contribution >= 4 is 13.9 Å². The molecule has 9 heavy (non-hydrogen) atoms. The van der Waals surface area contributed by atoms with E-state index in [4.69, 9.17) is 0 Å². The summed E-state index contributed by atoms with van der Waals surface area (Å²) in [5, 5.41) is 2.35. The summed E-state index contributed by atoms with van der Waals surface area (Å²) in [6.45, 7) is 1.36. The van der Waals surface area contributed by atoms with E-state index in [9.17, 15) is 9.36 Å². The zero-order chi connectivity index (χ0) is 7.28. The van der Waals surface area contributed by atoms with Crippen LogP contribution in [0.15, 0.2) is 0 Å². The van der Waals surface area contributed by atoms with Gasteiger partial charge in [0, 0.05) is 6.92 Å². The molecule has 0 aliphatic rings. The topological polar surface area (TPSA) is 55.4 Å². The predicted octanol–water partition coefficient (Wildman–Crippen LogP) is 0.469. The maximum atomic E-state index is 10.4. The lowest BCUT2D eigenvalue weighted by Crippen LogP contribution is -2.18. The minimum absolute atomic E-state index is 0.0984. The van der Waals surface area contributed by atoms with Gasteiger partial charge < -0.3 is 5.32 Å². The maximum Gasteiger partial charge on any atom is 0.529 e. The van der Waals surface area contributed by atoms with E-state index >= 15 is 0 Å². The molecule has 0 radical (unpaired) electrons. The Balaban J connectivity index is 3.28. The molecule has 1 N–H and O–H groups in total. The first-order chi connectivity index (χ1) is 4.16. The molecule has 5 heteroatoms. The van der Waals surface area contributed by atoms with Crippen molar-refractivity contribution in [3.8, 4) is 0 Å². The lowest BCUT2D eigenvalue weighted by molar-refractivity contribution is -0.118. The highest BCUT2D eigenvalue weighted by Gasteiger charge is 2.13. The average Bonchev–Trinajstić information content (AvgIpc) is 1.83. The Hall–Kier alpha value is -0.470. The van der Waals surface area contributed by atoms with E-state index in [1.54, 1.807) is 0 Å². The van der Waals surface area contributed by atoms with Gasteiger partial charge in [-0.2, -0.15) is 0 Å². The molecular formula is C4H9NO3P+. The molecule has 0 saturated carbocycles. The molecule has 0 heterocycles. The van der Waals surface area contributed by atoms with Crippen LogP contribution in [0.3, 0.4) is 0 Å². The molecule has 0 aromatic carbocycles. The normalized spacial score (nSPS) is 10.7. The predicted molar refractivity (Wildman–Crippen MR) is 33.3 cm³/mol. The summed E-state index contributed by atoms with van der Waals surface area (Å²) in [5.74, 6) is -0.199. The van der Waals surface area contributed by atoms with Crippen molar-refractivity contribution in [1.29, 1.82) is 0 Å². The van der Waals surface area contributed by atoms with Crippen LogP contribution in [0.2, 0.25) is 0 Å². The van der Waals surface area contributed by atoms with Gasteiger partial charge in [0.15, 0.2) is 0 Å². The van der Waals surface area contributed by atoms with Crippen LogP contribution in [0.25, 0.3) is 0 Å². The fourth-order valence-corrected chi connectivity index (χ4v) is 0.721. The van der Waals surface area contributed by atoms with Crippen LogP contribution in [-0.2, 0) is 13.9 Å². The van der Waals surface area contributed by atoms with E-state index in [1.807, 2.05) is 0 Å². The zero-order valence-electron chi connectivity index (χ0n) is 5.38. The highest BCUT2D eigenvalue weighted by atomic mass is 31.1. The fourth-order valence-electron chi connectivity index (χ4n) is 0.240. The van der Waals surface area contributed by atoms with Gasteiger partial charge in [-0.3, -0.25) is 4.79 Å². The van der Waals surface area contributed by atoms with Crippen LogP contribution in [0.1, 0.15) is 6.92 Å². The second kappa shape index (κ2) is 4.41. The molecule has 0 aliphatic heterocycles. The number of nitrogens with one attached hydrogen (secondary N) is 1. The van der Waals surface area contributed by atoms with Crippen LogP contribution < -0.4 is 5.32 Å². The number of rotatable bonds is 3. The lowest BCUT2D eigenvalue weighted by atomic mass is 10.7. The van der Waals surface area contributed by atoms with E-state index in [-0.39, 0.29) is 12.2 Å². The van der Waals surface area contributed by atoms with Crippen LogP contribution >= 0.6 is 8.03 Å². The molecule has 0 rings (SSSR count). The van der Waals surface area contributed by atoms with E-state index in [2.05, 4.69) is 9.84 Å². The lowest BCUT2D eigenvalue weighted by Gasteiger charge is -1.86. The van der Waals surface area contributed by atoms with Crippen LogP contribution in [0.4, 0.5) is 0 Å². The molecule has 1 amide bonds. The molecule has 0 aromatic heterocycles. The van der Waals surface area contributed by atoms with Crippen LogP contribution in [0, 0.1) is 0 Å². The van der Waals surface area contributed by atoms with Gasteiger partial charge in [0.05, 0.1) is 7.11 Å². The highest BCUT2D eigenvalue weighted by Crippen LogP contribution is 2.16. The second-order valence-electron chi connectivity index (χ2n) is 1.41. The van der Waals surface area contributed by atoms with Crippen molar-refractivity contribution in [1.82, 2.24) is 5.32 Å². The Morgan fingerprint density at radius 1 is 1.78 bits per heavy atom. The van der Waals surface area contributed by atoms with Gasteiger partial charge in [0.25, 0.3) is 0 Å². The molecule has 1 unspecified atom stereocenters. The molecule has 0 bridgehead atoms. The van der Waals surface area contributed by atoms with Gasteiger partial charge in [-0.15, -0.1) is 4.52 Å². The van der Waals surface area contributed by atoms with Crippen molar-refractivity contribution in [3.63, 3.8) is 0 Å². The molecule has 1 atom stereocenters. The largest absolute Gasteiger partial charge is 0.529 e. The standard InChI is InChI=1S/C4H8NO3P/c1-4(6)5-3-9(7)8-2/h3H2,1-2H3/p+1. The van der Waals surface area contributed by atoms with Crippen molar-refractivity contribution in [3.05, 3.63) is 0 Å². The first kappa shape index (κ1) is 8.53. The Morgan fingerprint density at radius 2 is 2.33 bits per heavy atom. The van der Waals surface area contributed by atoms with E-state index < -0.39 is 8.03 Å². The van der Waals surface area contributed by atoms with Gasteiger partial charge in [0.2, 0.25) is 12.2 Å². The van der Waals surface area contributed by atoms with Gasteiger partial charge in [-0.1, -0.05) is 0 Å². The van der Waals surface area contributed by atoms with Gasteiger partial charge in [-0.25, -0.2) is 0 Å². The second-order valence-corrected chi connectivity index (χ2v) is 2.75. The van der Waals surface area contributed by atoms with E-state index in [1.165, 1.54) is 14.0 Å². The summed E-state index contributed by atoms with van der Waals surface area (Å²) in [5.41, 5.74) is 0. The Bertz CT molecular complexity index is 125. The first-order valence-corrected chi connectivity index (χ1v) is 3.76. The number of amides is 1. The quantitative estimate of drug-likeness (QED) is 0.595. The highest BCUT2D eigenvalue weighted by molar-refractivity contribution is 7.39. The third-order valence-corrected chi connectivity index (χ3v) is 1.48. The molecule has 52 valence electrons.